The fourth-order valence-corrected chi connectivity index (χ4v) is 4.46. The maximum absolute atomic E-state index is 13.2. The van der Waals surface area contributed by atoms with Crippen molar-refractivity contribution in [2.45, 2.75) is 13.3 Å². The lowest BCUT2D eigenvalue weighted by Crippen LogP contribution is -2.49. The van der Waals surface area contributed by atoms with Gasteiger partial charge in [-0.25, -0.2) is 4.98 Å². The molecule has 10 heteroatoms. The zero-order chi connectivity index (χ0) is 25.3. The molecule has 2 aliphatic heterocycles. The molecule has 2 aliphatic rings. The number of hydrogen-bond donors (Lipinski definition) is 0. The van der Waals surface area contributed by atoms with Crippen molar-refractivity contribution in [3.8, 4) is 5.75 Å². The Morgan fingerprint density at radius 2 is 1.69 bits per heavy atom. The topological polar surface area (TPSA) is 91.3 Å². The van der Waals surface area contributed by atoms with Gasteiger partial charge >= 0.3 is 0 Å². The lowest BCUT2D eigenvalue weighted by Gasteiger charge is -2.36. The van der Waals surface area contributed by atoms with Gasteiger partial charge in [0.05, 0.1) is 32.2 Å². The van der Waals surface area contributed by atoms with Crippen molar-refractivity contribution in [1.29, 1.82) is 0 Å². The molecule has 1 aromatic carbocycles. The number of morpholine rings is 1. The summed E-state index contributed by atoms with van der Waals surface area (Å²) in [7, 11) is 1.66. The molecule has 2 amide bonds. The second-order valence-electron chi connectivity index (χ2n) is 9.11. The Morgan fingerprint density at radius 1 is 0.972 bits per heavy atom. The third kappa shape index (κ3) is 6.92. The molecule has 2 aromatic rings. The van der Waals surface area contributed by atoms with Gasteiger partial charge in [-0.2, -0.15) is 0 Å². The third-order valence-electron chi connectivity index (χ3n) is 6.74. The number of hydrogen-bond acceptors (Lipinski definition) is 8. The van der Waals surface area contributed by atoms with Gasteiger partial charge in [0.2, 0.25) is 5.91 Å². The number of carbonyl (C=O) groups excluding carboxylic acids is 2. The van der Waals surface area contributed by atoms with Crippen LogP contribution in [0.2, 0.25) is 0 Å². The fraction of sp³-hybridized carbons (Fsp3) is 0.538. The summed E-state index contributed by atoms with van der Waals surface area (Å²) in [6.45, 7) is 9.46. The van der Waals surface area contributed by atoms with E-state index in [0.717, 1.165) is 49.9 Å². The number of piperazine rings is 1. The van der Waals surface area contributed by atoms with Crippen molar-refractivity contribution in [3.63, 3.8) is 0 Å². The molecule has 3 heterocycles. The Kier molecular flexibility index (Phi) is 9.07. The van der Waals surface area contributed by atoms with Gasteiger partial charge in [-0.15, -0.1) is 0 Å². The van der Waals surface area contributed by atoms with E-state index in [1.165, 1.54) is 6.20 Å². The second-order valence-corrected chi connectivity index (χ2v) is 9.11. The highest BCUT2D eigenvalue weighted by Gasteiger charge is 2.24. The van der Waals surface area contributed by atoms with Crippen molar-refractivity contribution in [2.75, 3.05) is 84.1 Å². The summed E-state index contributed by atoms with van der Waals surface area (Å²) >= 11 is 0. The van der Waals surface area contributed by atoms with E-state index in [4.69, 9.17) is 9.47 Å². The SMILES string of the molecule is COc1ccc(N2CCN(C(=O)CCN(CCN3CCOCC3)C(=O)c3cnc(C)cn3)CC2)cc1. The highest BCUT2D eigenvalue weighted by Crippen LogP contribution is 2.20. The molecule has 2 fully saturated rings. The minimum atomic E-state index is -0.187. The number of ether oxygens (including phenoxy) is 2. The Balaban J connectivity index is 1.31. The first kappa shape index (κ1) is 25.8. The van der Waals surface area contributed by atoms with Gasteiger partial charge in [-0.3, -0.25) is 19.5 Å². The molecule has 2 saturated heterocycles. The molecule has 0 bridgehead atoms. The molecular weight excluding hydrogens is 460 g/mol. The van der Waals surface area contributed by atoms with Gasteiger partial charge in [0.15, 0.2) is 0 Å². The van der Waals surface area contributed by atoms with Crippen LogP contribution in [0.1, 0.15) is 22.6 Å². The van der Waals surface area contributed by atoms with Gasteiger partial charge in [-0.05, 0) is 31.2 Å². The van der Waals surface area contributed by atoms with Crippen LogP contribution in [-0.4, -0.2) is 116 Å². The molecule has 1 aromatic heterocycles. The van der Waals surface area contributed by atoms with E-state index in [9.17, 15) is 9.59 Å². The van der Waals surface area contributed by atoms with Crippen molar-refractivity contribution in [1.82, 2.24) is 24.7 Å². The van der Waals surface area contributed by atoms with E-state index >= 15 is 0 Å². The standard InChI is InChI=1S/C26H36N6O4/c1-21-19-28-24(20-27-21)26(34)32(10-9-29-15-17-36-18-16-29)8-7-25(33)31-13-11-30(12-14-31)22-3-5-23(35-2)6-4-22/h3-6,19-20H,7-18H2,1-2H3. The zero-order valence-corrected chi connectivity index (χ0v) is 21.3. The lowest BCUT2D eigenvalue weighted by molar-refractivity contribution is -0.131. The average molecular weight is 497 g/mol. The summed E-state index contributed by atoms with van der Waals surface area (Å²) in [6, 6.07) is 7.99. The first-order valence-corrected chi connectivity index (χ1v) is 12.6. The Morgan fingerprint density at radius 3 is 2.33 bits per heavy atom. The van der Waals surface area contributed by atoms with Gasteiger partial charge < -0.3 is 24.2 Å². The Hall–Kier alpha value is -3.24. The first-order valence-electron chi connectivity index (χ1n) is 12.6. The van der Waals surface area contributed by atoms with Crippen LogP contribution >= 0.6 is 0 Å². The van der Waals surface area contributed by atoms with Crippen molar-refractivity contribution in [3.05, 3.63) is 48.0 Å². The molecule has 0 N–H and O–H groups in total. The number of nitrogens with zero attached hydrogens (tertiary/aromatic N) is 6. The summed E-state index contributed by atoms with van der Waals surface area (Å²) in [4.78, 5) is 42.9. The van der Waals surface area contributed by atoms with Crippen LogP contribution in [0.25, 0.3) is 0 Å². The molecule has 0 aliphatic carbocycles. The number of methoxy groups -OCH3 is 1. The summed E-state index contributed by atoms with van der Waals surface area (Å²) in [5, 5.41) is 0. The molecule has 0 saturated carbocycles. The molecular formula is C26H36N6O4. The van der Waals surface area contributed by atoms with Gasteiger partial charge in [0, 0.05) is 77.2 Å². The highest BCUT2D eigenvalue weighted by atomic mass is 16.5. The molecule has 194 valence electrons. The van der Waals surface area contributed by atoms with E-state index in [0.29, 0.717) is 45.1 Å². The predicted octanol–water partition coefficient (Wildman–Crippen LogP) is 1.31. The summed E-state index contributed by atoms with van der Waals surface area (Å²) in [5.74, 6) is 0.716. The van der Waals surface area contributed by atoms with E-state index in [2.05, 4.69) is 19.8 Å². The molecule has 0 atom stereocenters. The van der Waals surface area contributed by atoms with Crippen LogP contribution in [-0.2, 0) is 9.53 Å². The Labute approximate surface area is 212 Å². The largest absolute Gasteiger partial charge is 0.497 e. The molecule has 0 spiro atoms. The van der Waals surface area contributed by atoms with Crippen LogP contribution in [0.3, 0.4) is 0 Å². The molecule has 10 nitrogen and oxygen atoms in total. The smallest absolute Gasteiger partial charge is 0.274 e. The first-order chi connectivity index (χ1) is 17.5. The monoisotopic (exact) mass is 496 g/mol. The quantitative estimate of drug-likeness (QED) is 0.513. The summed E-state index contributed by atoms with van der Waals surface area (Å²) in [5.41, 5.74) is 2.19. The van der Waals surface area contributed by atoms with E-state index in [1.54, 1.807) is 18.2 Å². The lowest BCUT2D eigenvalue weighted by atomic mass is 10.2. The average Bonchev–Trinajstić information content (AvgIpc) is 2.93. The van der Waals surface area contributed by atoms with Crippen LogP contribution in [0.15, 0.2) is 36.7 Å². The van der Waals surface area contributed by atoms with E-state index in [-0.39, 0.29) is 18.2 Å². The second kappa shape index (κ2) is 12.6. The van der Waals surface area contributed by atoms with Gasteiger partial charge in [0.25, 0.3) is 5.91 Å². The molecule has 36 heavy (non-hydrogen) atoms. The highest BCUT2D eigenvalue weighted by molar-refractivity contribution is 5.92. The Bertz CT molecular complexity index is 986. The van der Waals surface area contributed by atoms with E-state index < -0.39 is 0 Å². The van der Waals surface area contributed by atoms with Crippen LogP contribution < -0.4 is 9.64 Å². The number of rotatable bonds is 9. The predicted molar refractivity (Wildman–Crippen MR) is 136 cm³/mol. The van der Waals surface area contributed by atoms with E-state index in [1.807, 2.05) is 36.1 Å². The summed E-state index contributed by atoms with van der Waals surface area (Å²) in [6.07, 6.45) is 3.40. The number of amides is 2. The van der Waals surface area contributed by atoms with Gasteiger partial charge in [0.1, 0.15) is 11.4 Å². The maximum atomic E-state index is 13.2. The third-order valence-corrected chi connectivity index (χ3v) is 6.74. The van der Waals surface area contributed by atoms with Crippen molar-refractivity contribution in [2.24, 2.45) is 0 Å². The molecule has 0 unspecified atom stereocenters. The number of carbonyl (C=O) groups is 2. The number of aromatic nitrogens is 2. The summed E-state index contributed by atoms with van der Waals surface area (Å²) < 4.78 is 10.7. The van der Waals surface area contributed by atoms with Crippen molar-refractivity contribution < 1.29 is 19.1 Å². The molecule has 4 rings (SSSR count). The number of benzene rings is 1. The molecule has 0 radical (unpaired) electrons. The van der Waals surface area contributed by atoms with Crippen molar-refractivity contribution >= 4 is 17.5 Å². The van der Waals surface area contributed by atoms with Crippen LogP contribution in [0.5, 0.6) is 5.75 Å². The number of aryl methyl sites for hydroxylation is 1. The zero-order valence-electron chi connectivity index (χ0n) is 21.3. The maximum Gasteiger partial charge on any atom is 0.274 e. The fourth-order valence-electron chi connectivity index (χ4n) is 4.46. The van der Waals surface area contributed by atoms with Gasteiger partial charge in [-0.1, -0.05) is 0 Å². The minimum absolute atomic E-state index is 0.0727. The normalized spacial score (nSPS) is 16.6. The van der Waals surface area contributed by atoms with Crippen LogP contribution in [0, 0.1) is 6.92 Å². The number of anilines is 1. The minimum Gasteiger partial charge on any atom is -0.497 e. The van der Waals surface area contributed by atoms with Crippen LogP contribution in [0.4, 0.5) is 5.69 Å².